The molecule has 1 saturated heterocycles. The van der Waals surface area contributed by atoms with Gasteiger partial charge in [-0.15, -0.1) is 11.6 Å². The number of halogens is 3. The fraction of sp³-hybridized carbons (Fsp3) is 0.538. The second-order valence-corrected chi connectivity index (χ2v) is 4.78. The standard InChI is InChI=1S/C13H16ClF2N/c14-8-10-4-1-2-7-17(10)9-11-12(15)5-3-6-13(11)16/h3,5-6,10H,1-2,4,7-9H2. The first-order valence-corrected chi connectivity index (χ1v) is 6.48. The molecule has 2 rings (SSSR count). The van der Waals surface area contributed by atoms with Crippen LogP contribution in [0.4, 0.5) is 8.78 Å². The summed E-state index contributed by atoms with van der Waals surface area (Å²) in [5.74, 6) is -0.413. The van der Waals surface area contributed by atoms with Crippen LogP contribution in [0.15, 0.2) is 18.2 Å². The molecule has 1 aromatic carbocycles. The number of hydrogen-bond donors (Lipinski definition) is 0. The zero-order chi connectivity index (χ0) is 12.3. The number of rotatable bonds is 3. The number of likely N-dealkylation sites (tertiary alicyclic amines) is 1. The Hall–Kier alpha value is -0.670. The molecule has 0 saturated carbocycles. The van der Waals surface area contributed by atoms with Gasteiger partial charge in [0.1, 0.15) is 11.6 Å². The summed E-state index contributed by atoms with van der Waals surface area (Å²) < 4.78 is 27.1. The van der Waals surface area contributed by atoms with Gasteiger partial charge in [-0.05, 0) is 31.5 Å². The minimum Gasteiger partial charge on any atom is -0.295 e. The molecule has 0 amide bonds. The molecule has 1 fully saturated rings. The molecule has 0 radical (unpaired) electrons. The van der Waals surface area contributed by atoms with Gasteiger partial charge in [0.05, 0.1) is 0 Å². The SMILES string of the molecule is Fc1cccc(F)c1CN1CCCCC1CCl. The molecule has 1 atom stereocenters. The van der Waals surface area contributed by atoms with E-state index in [2.05, 4.69) is 4.90 Å². The summed E-state index contributed by atoms with van der Waals surface area (Å²) in [6.07, 6.45) is 3.23. The quantitative estimate of drug-likeness (QED) is 0.751. The molecular formula is C13H16ClF2N. The van der Waals surface area contributed by atoms with Gasteiger partial charge < -0.3 is 0 Å². The molecule has 94 valence electrons. The lowest BCUT2D eigenvalue weighted by Gasteiger charge is -2.34. The van der Waals surface area contributed by atoms with E-state index < -0.39 is 11.6 Å². The van der Waals surface area contributed by atoms with Crippen molar-refractivity contribution in [3.63, 3.8) is 0 Å². The Bertz CT molecular complexity index is 363. The van der Waals surface area contributed by atoms with E-state index in [0.717, 1.165) is 25.8 Å². The Morgan fingerprint density at radius 2 is 1.94 bits per heavy atom. The molecule has 0 N–H and O–H groups in total. The first kappa shape index (κ1) is 12.8. The van der Waals surface area contributed by atoms with Crippen molar-refractivity contribution >= 4 is 11.6 Å². The van der Waals surface area contributed by atoms with Crippen molar-refractivity contribution in [2.45, 2.75) is 31.8 Å². The minimum atomic E-state index is -0.469. The lowest BCUT2D eigenvalue weighted by molar-refractivity contribution is 0.151. The van der Waals surface area contributed by atoms with Gasteiger partial charge in [0, 0.05) is 24.0 Å². The summed E-state index contributed by atoms with van der Waals surface area (Å²) in [6.45, 7) is 1.18. The van der Waals surface area contributed by atoms with Gasteiger partial charge >= 0.3 is 0 Å². The largest absolute Gasteiger partial charge is 0.295 e. The third-order valence-electron chi connectivity index (χ3n) is 3.35. The normalized spacial score (nSPS) is 21.7. The van der Waals surface area contributed by atoms with Gasteiger partial charge in [0.2, 0.25) is 0 Å². The Kier molecular flexibility index (Phi) is 4.35. The average molecular weight is 260 g/mol. The Morgan fingerprint density at radius 3 is 2.59 bits per heavy atom. The lowest BCUT2D eigenvalue weighted by Crippen LogP contribution is -2.40. The van der Waals surface area contributed by atoms with Crippen LogP contribution < -0.4 is 0 Å². The molecule has 17 heavy (non-hydrogen) atoms. The molecule has 0 aromatic heterocycles. The number of hydrogen-bond acceptors (Lipinski definition) is 1. The van der Waals surface area contributed by atoms with Gasteiger partial charge in [-0.1, -0.05) is 12.5 Å². The van der Waals surface area contributed by atoms with Crippen LogP contribution >= 0.6 is 11.6 Å². The van der Waals surface area contributed by atoms with Gasteiger partial charge in [-0.3, -0.25) is 4.90 Å². The lowest BCUT2D eigenvalue weighted by atomic mass is 10.0. The molecule has 1 aliphatic rings. The van der Waals surface area contributed by atoms with Crippen LogP contribution in [0.25, 0.3) is 0 Å². The van der Waals surface area contributed by atoms with Crippen LogP contribution in [0.2, 0.25) is 0 Å². The summed E-state index contributed by atoms with van der Waals surface area (Å²) in [4.78, 5) is 2.08. The van der Waals surface area contributed by atoms with Gasteiger partial charge in [-0.25, -0.2) is 8.78 Å². The van der Waals surface area contributed by atoms with Crippen molar-refractivity contribution in [3.8, 4) is 0 Å². The third-order valence-corrected chi connectivity index (χ3v) is 3.71. The zero-order valence-electron chi connectivity index (χ0n) is 9.63. The summed E-state index contributed by atoms with van der Waals surface area (Å²) in [5.41, 5.74) is 0.157. The summed E-state index contributed by atoms with van der Waals surface area (Å²) in [5, 5.41) is 0. The smallest absolute Gasteiger partial charge is 0.130 e. The highest BCUT2D eigenvalue weighted by Crippen LogP contribution is 2.22. The van der Waals surface area contributed by atoms with Crippen LogP contribution in [0.5, 0.6) is 0 Å². The predicted octanol–water partition coefficient (Wildman–Crippen LogP) is 3.56. The highest BCUT2D eigenvalue weighted by atomic mass is 35.5. The summed E-state index contributed by atoms with van der Waals surface area (Å²) in [6, 6.07) is 4.24. The zero-order valence-corrected chi connectivity index (χ0v) is 10.4. The Balaban J connectivity index is 2.13. The van der Waals surface area contributed by atoms with Crippen LogP contribution in [-0.4, -0.2) is 23.4 Å². The van der Waals surface area contributed by atoms with Crippen molar-refractivity contribution in [1.29, 1.82) is 0 Å². The van der Waals surface area contributed by atoms with Crippen molar-refractivity contribution in [1.82, 2.24) is 4.90 Å². The highest BCUT2D eigenvalue weighted by Gasteiger charge is 2.23. The number of piperidine rings is 1. The maximum atomic E-state index is 13.5. The van der Waals surface area contributed by atoms with Gasteiger partial charge in [-0.2, -0.15) is 0 Å². The van der Waals surface area contributed by atoms with E-state index >= 15 is 0 Å². The van der Waals surface area contributed by atoms with Crippen LogP contribution in [0.1, 0.15) is 24.8 Å². The fourth-order valence-electron chi connectivity index (χ4n) is 2.33. The number of nitrogens with zero attached hydrogens (tertiary/aromatic N) is 1. The van der Waals surface area contributed by atoms with Crippen molar-refractivity contribution in [2.24, 2.45) is 0 Å². The van der Waals surface area contributed by atoms with Crippen molar-refractivity contribution < 1.29 is 8.78 Å². The van der Waals surface area contributed by atoms with Crippen molar-refractivity contribution in [2.75, 3.05) is 12.4 Å². The van der Waals surface area contributed by atoms with E-state index in [0.29, 0.717) is 12.4 Å². The van der Waals surface area contributed by atoms with Gasteiger partial charge in [0.25, 0.3) is 0 Å². The maximum Gasteiger partial charge on any atom is 0.130 e. The second kappa shape index (κ2) is 5.78. The molecule has 1 aliphatic heterocycles. The first-order valence-electron chi connectivity index (χ1n) is 5.95. The number of benzene rings is 1. The first-order chi connectivity index (χ1) is 8.22. The second-order valence-electron chi connectivity index (χ2n) is 4.47. The molecule has 1 nitrogen and oxygen atoms in total. The van der Waals surface area contributed by atoms with Crippen LogP contribution in [0.3, 0.4) is 0 Å². The topological polar surface area (TPSA) is 3.24 Å². The monoisotopic (exact) mass is 259 g/mol. The van der Waals surface area contributed by atoms with Gasteiger partial charge in [0.15, 0.2) is 0 Å². The number of alkyl halides is 1. The maximum absolute atomic E-state index is 13.5. The molecule has 1 aromatic rings. The van der Waals surface area contributed by atoms with Crippen LogP contribution in [0, 0.1) is 11.6 Å². The highest BCUT2D eigenvalue weighted by molar-refractivity contribution is 6.18. The molecule has 0 spiro atoms. The molecule has 0 bridgehead atoms. The fourth-order valence-corrected chi connectivity index (χ4v) is 2.68. The Morgan fingerprint density at radius 1 is 1.24 bits per heavy atom. The van der Waals surface area contributed by atoms with Crippen molar-refractivity contribution in [3.05, 3.63) is 35.4 Å². The van der Waals surface area contributed by atoms with E-state index in [-0.39, 0.29) is 11.6 Å². The molecular weight excluding hydrogens is 244 g/mol. The Labute approximate surface area is 105 Å². The molecule has 4 heteroatoms. The van der Waals surface area contributed by atoms with E-state index in [4.69, 9.17) is 11.6 Å². The predicted molar refractivity (Wildman–Crippen MR) is 65.1 cm³/mol. The van der Waals surface area contributed by atoms with Crippen LogP contribution in [-0.2, 0) is 6.54 Å². The van der Waals surface area contributed by atoms with E-state index in [9.17, 15) is 8.78 Å². The molecule has 1 unspecified atom stereocenters. The van der Waals surface area contributed by atoms with E-state index in [1.807, 2.05) is 0 Å². The molecule has 1 heterocycles. The molecule has 0 aliphatic carbocycles. The van der Waals surface area contributed by atoms with E-state index in [1.54, 1.807) is 0 Å². The summed E-state index contributed by atoms with van der Waals surface area (Å²) >= 11 is 5.89. The van der Waals surface area contributed by atoms with E-state index in [1.165, 1.54) is 18.2 Å². The third kappa shape index (κ3) is 2.96. The summed E-state index contributed by atoms with van der Waals surface area (Å²) in [7, 11) is 0. The minimum absolute atomic E-state index is 0.157. The average Bonchev–Trinajstić information content (AvgIpc) is 2.34.